The number of hydrogen-bond acceptors (Lipinski definition) is 5. The number of rotatable bonds is 8. The molecule has 1 atom stereocenters. The van der Waals surface area contributed by atoms with E-state index in [2.05, 4.69) is 5.32 Å². The first-order valence-electron chi connectivity index (χ1n) is 8.31. The third-order valence-electron chi connectivity index (χ3n) is 5.06. The third kappa shape index (κ3) is 3.35. The molecule has 1 saturated carbocycles. The first-order valence-corrected chi connectivity index (χ1v) is 8.31. The van der Waals surface area contributed by atoms with Crippen molar-refractivity contribution in [2.45, 2.75) is 25.4 Å². The number of methoxy groups -OCH3 is 2. The lowest BCUT2D eigenvalue weighted by Gasteiger charge is -2.34. The van der Waals surface area contributed by atoms with Crippen molar-refractivity contribution < 1.29 is 24.1 Å². The van der Waals surface area contributed by atoms with Crippen molar-refractivity contribution in [1.29, 1.82) is 0 Å². The fourth-order valence-corrected chi connectivity index (χ4v) is 3.52. The predicted molar refractivity (Wildman–Crippen MR) is 88.2 cm³/mol. The lowest BCUT2D eigenvalue weighted by Crippen LogP contribution is -2.48. The van der Waals surface area contributed by atoms with Gasteiger partial charge in [0.25, 0.3) is 0 Å². The minimum atomic E-state index is -0.316. The monoisotopic (exact) mass is 335 g/mol. The average Bonchev–Trinajstić information content (AvgIpc) is 3.19. The van der Waals surface area contributed by atoms with Crippen LogP contribution in [0, 0.1) is 11.3 Å². The topological polar surface area (TPSA) is 77.0 Å². The second-order valence-electron chi connectivity index (χ2n) is 6.81. The molecule has 1 aromatic carbocycles. The number of benzene rings is 1. The summed E-state index contributed by atoms with van der Waals surface area (Å²) in [7, 11) is 3.22. The zero-order chi connectivity index (χ0) is 17.2. The lowest BCUT2D eigenvalue weighted by molar-refractivity contribution is -0.133. The molecule has 3 fully saturated rings. The zero-order valence-corrected chi connectivity index (χ0v) is 14.2. The zero-order valence-electron chi connectivity index (χ0n) is 14.2. The van der Waals surface area contributed by atoms with Gasteiger partial charge in [-0.25, -0.2) is 0 Å². The molecule has 24 heavy (non-hydrogen) atoms. The minimum Gasteiger partial charge on any atom is -0.497 e. The van der Waals surface area contributed by atoms with Crippen LogP contribution in [0.3, 0.4) is 0 Å². The van der Waals surface area contributed by atoms with Gasteiger partial charge in [0.2, 0.25) is 5.91 Å². The molecule has 1 amide bonds. The Morgan fingerprint density at radius 3 is 2.50 bits per heavy atom. The van der Waals surface area contributed by atoms with Crippen LogP contribution in [0.4, 0.5) is 0 Å². The van der Waals surface area contributed by atoms with Gasteiger partial charge < -0.3 is 24.6 Å². The fourth-order valence-electron chi connectivity index (χ4n) is 3.52. The molecule has 2 heterocycles. The normalized spacial score (nSPS) is 25.7. The Kier molecular flexibility index (Phi) is 4.96. The van der Waals surface area contributed by atoms with E-state index in [-0.39, 0.29) is 30.0 Å². The van der Waals surface area contributed by atoms with Gasteiger partial charge in [-0.3, -0.25) is 4.79 Å². The van der Waals surface area contributed by atoms with Gasteiger partial charge in [-0.05, 0) is 37.0 Å². The number of ether oxygens (including phenoxy) is 3. The molecule has 6 heteroatoms. The molecular weight excluding hydrogens is 310 g/mol. The molecule has 1 aliphatic carbocycles. The van der Waals surface area contributed by atoms with E-state index in [4.69, 9.17) is 14.2 Å². The Bertz CT molecular complexity index is 569. The van der Waals surface area contributed by atoms with E-state index < -0.39 is 0 Å². The van der Waals surface area contributed by atoms with Crippen molar-refractivity contribution in [3.05, 3.63) is 23.8 Å². The molecule has 1 unspecified atom stereocenters. The Hall–Kier alpha value is -1.79. The van der Waals surface area contributed by atoms with Crippen LogP contribution in [-0.2, 0) is 16.0 Å². The van der Waals surface area contributed by atoms with Gasteiger partial charge in [0.05, 0.1) is 32.3 Å². The summed E-state index contributed by atoms with van der Waals surface area (Å²) in [5.74, 6) is 1.43. The maximum Gasteiger partial charge on any atom is 0.228 e. The molecule has 1 aromatic rings. The second kappa shape index (κ2) is 6.99. The second-order valence-corrected chi connectivity index (χ2v) is 6.81. The Balaban J connectivity index is 1.57. The number of aliphatic hydroxyl groups excluding tert-OH is 1. The van der Waals surface area contributed by atoms with E-state index >= 15 is 0 Å². The highest BCUT2D eigenvalue weighted by atomic mass is 16.5. The maximum absolute atomic E-state index is 12.4. The lowest BCUT2D eigenvalue weighted by atomic mass is 9.69. The van der Waals surface area contributed by atoms with Crippen LogP contribution in [0.5, 0.6) is 11.5 Å². The number of nitrogens with one attached hydrogen (secondary N) is 1. The van der Waals surface area contributed by atoms with E-state index in [0.717, 1.165) is 18.4 Å². The number of carbonyl (C=O) groups excluding carboxylic acids is 1. The molecule has 0 aromatic heterocycles. The molecule has 132 valence electrons. The van der Waals surface area contributed by atoms with E-state index in [1.54, 1.807) is 14.2 Å². The first kappa shape index (κ1) is 17.0. The summed E-state index contributed by atoms with van der Waals surface area (Å²) in [6.45, 7) is 0.980. The summed E-state index contributed by atoms with van der Waals surface area (Å²) in [4.78, 5) is 12.4. The third-order valence-corrected chi connectivity index (χ3v) is 5.06. The van der Waals surface area contributed by atoms with Gasteiger partial charge in [-0.1, -0.05) is 0 Å². The summed E-state index contributed by atoms with van der Waals surface area (Å²) >= 11 is 0. The van der Waals surface area contributed by atoms with Crippen LogP contribution < -0.4 is 14.8 Å². The van der Waals surface area contributed by atoms with Crippen molar-refractivity contribution in [1.82, 2.24) is 5.32 Å². The highest BCUT2D eigenvalue weighted by Crippen LogP contribution is 2.50. The highest BCUT2D eigenvalue weighted by molar-refractivity contribution is 5.84. The number of carbonyl (C=O) groups is 1. The Morgan fingerprint density at radius 2 is 2.00 bits per heavy atom. The van der Waals surface area contributed by atoms with Gasteiger partial charge in [-0.2, -0.15) is 0 Å². The van der Waals surface area contributed by atoms with Crippen molar-refractivity contribution in [3.63, 3.8) is 0 Å². The maximum atomic E-state index is 12.4. The Morgan fingerprint density at radius 1 is 1.33 bits per heavy atom. The standard InChI is InChI=1S/C18H25NO5/c1-22-14-4-12(5-15(6-14)23-2)3-13(10-20)9-19-17(21)18-7-16(8-18)24-11-18/h4-6,13,16,20H,3,7-11H2,1-2H3,(H,19,21). The summed E-state index contributed by atoms with van der Waals surface area (Å²) in [6.07, 6.45) is 2.57. The molecule has 2 bridgehead atoms. The average molecular weight is 335 g/mol. The molecular formula is C18H25NO5. The summed E-state index contributed by atoms with van der Waals surface area (Å²) in [5.41, 5.74) is 0.690. The largest absolute Gasteiger partial charge is 0.497 e. The minimum absolute atomic E-state index is 0.00588. The molecule has 6 nitrogen and oxygen atoms in total. The molecule has 0 radical (unpaired) electrons. The van der Waals surface area contributed by atoms with Crippen molar-refractivity contribution in [3.8, 4) is 11.5 Å². The highest BCUT2D eigenvalue weighted by Gasteiger charge is 2.56. The molecule has 4 rings (SSSR count). The molecule has 2 aliphatic heterocycles. The van der Waals surface area contributed by atoms with Gasteiger partial charge in [0.1, 0.15) is 11.5 Å². The van der Waals surface area contributed by atoms with Crippen LogP contribution in [0.1, 0.15) is 18.4 Å². The van der Waals surface area contributed by atoms with Crippen LogP contribution in [0.25, 0.3) is 0 Å². The molecule has 2 saturated heterocycles. The number of hydrogen-bond donors (Lipinski definition) is 2. The Labute approximate surface area is 142 Å². The van der Waals surface area contributed by atoms with Crippen LogP contribution in [-0.4, -0.2) is 51.1 Å². The van der Waals surface area contributed by atoms with Crippen LogP contribution in [0.15, 0.2) is 18.2 Å². The van der Waals surface area contributed by atoms with E-state index in [9.17, 15) is 9.90 Å². The van der Waals surface area contributed by atoms with E-state index in [0.29, 0.717) is 31.1 Å². The SMILES string of the molecule is COc1cc(CC(CO)CNC(=O)C23COC(C2)C3)cc(OC)c1. The molecule has 0 spiro atoms. The van der Waals surface area contributed by atoms with Gasteiger partial charge in [0, 0.05) is 25.1 Å². The fraction of sp³-hybridized carbons (Fsp3) is 0.611. The van der Waals surface area contributed by atoms with E-state index in [1.807, 2.05) is 18.2 Å². The van der Waals surface area contributed by atoms with E-state index in [1.165, 1.54) is 0 Å². The summed E-state index contributed by atoms with van der Waals surface area (Å²) in [5, 5.41) is 12.6. The van der Waals surface area contributed by atoms with Gasteiger partial charge >= 0.3 is 0 Å². The van der Waals surface area contributed by atoms with Crippen molar-refractivity contribution in [2.24, 2.45) is 11.3 Å². The van der Waals surface area contributed by atoms with Crippen molar-refractivity contribution >= 4 is 5.91 Å². The van der Waals surface area contributed by atoms with Crippen LogP contribution >= 0.6 is 0 Å². The number of aliphatic hydroxyl groups is 1. The predicted octanol–water partition coefficient (Wildman–Crippen LogP) is 1.15. The van der Waals surface area contributed by atoms with Gasteiger partial charge in [0.15, 0.2) is 0 Å². The number of amides is 1. The summed E-state index contributed by atoms with van der Waals surface area (Å²) < 4.78 is 16.0. The van der Waals surface area contributed by atoms with Gasteiger partial charge in [-0.15, -0.1) is 0 Å². The molecule has 2 N–H and O–H groups in total. The quantitative estimate of drug-likeness (QED) is 0.745. The number of fused-ring (bicyclic) bond motifs is 1. The summed E-state index contributed by atoms with van der Waals surface area (Å²) in [6, 6.07) is 5.66. The smallest absolute Gasteiger partial charge is 0.228 e. The molecule has 3 aliphatic rings. The first-order chi connectivity index (χ1) is 11.6. The van der Waals surface area contributed by atoms with Crippen molar-refractivity contribution in [2.75, 3.05) is 34.0 Å². The van der Waals surface area contributed by atoms with Crippen LogP contribution in [0.2, 0.25) is 0 Å².